The van der Waals surface area contributed by atoms with Crippen LogP contribution in [0.15, 0.2) is 68.6 Å². The Balaban J connectivity index is 1.57. The van der Waals surface area contributed by atoms with Gasteiger partial charge in [-0.15, -0.1) is 0 Å². The second kappa shape index (κ2) is 8.47. The Labute approximate surface area is 168 Å². The zero-order valence-electron chi connectivity index (χ0n) is 14.0. The summed E-state index contributed by atoms with van der Waals surface area (Å²) in [6.07, 6.45) is 1.62. The second-order valence-corrected chi connectivity index (χ2v) is 7.49. The topological polar surface area (TPSA) is 50.7 Å². The molecular formula is C20H16Br2N2O2. The largest absolute Gasteiger partial charge is 0.482 e. The monoisotopic (exact) mass is 474 g/mol. The molecule has 3 rings (SSSR count). The Bertz CT molecular complexity index is 963. The van der Waals surface area contributed by atoms with E-state index in [2.05, 4.69) is 48.5 Å². The lowest BCUT2D eigenvalue weighted by atomic mass is 10.1. The molecule has 1 N–H and O–H groups in total. The van der Waals surface area contributed by atoms with Gasteiger partial charge in [0.15, 0.2) is 6.61 Å². The van der Waals surface area contributed by atoms with Crippen molar-refractivity contribution >= 4 is 54.8 Å². The number of nitrogens with one attached hydrogen (secondary N) is 1. The number of fused-ring (bicyclic) bond motifs is 1. The number of rotatable bonds is 5. The van der Waals surface area contributed by atoms with Gasteiger partial charge >= 0.3 is 0 Å². The molecule has 0 aromatic heterocycles. The molecule has 0 atom stereocenters. The van der Waals surface area contributed by atoms with Crippen LogP contribution in [0.2, 0.25) is 0 Å². The van der Waals surface area contributed by atoms with Gasteiger partial charge in [0.1, 0.15) is 5.75 Å². The van der Waals surface area contributed by atoms with E-state index in [-0.39, 0.29) is 12.5 Å². The number of ether oxygens (including phenoxy) is 1. The predicted octanol–water partition coefficient (Wildman–Crippen LogP) is 5.20. The fourth-order valence-electron chi connectivity index (χ4n) is 2.51. The SMILES string of the molecule is Cc1cc(Br)cc(Br)c1OCC(=O)N/N=C/c1ccc2ccccc2c1. The number of nitrogens with zero attached hydrogens (tertiary/aromatic N) is 1. The number of amides is 1. The zero-order chi connectivity index (χ0) is 18.5. The molecule has 132 valence electrons. The fraction of sp³-hybridized carbons (Fsp3) is 0.100. The van der Waals surface area contributed by atoms with Gasteiger partial charge in [0.25, 0.3) is 5.91 Å². The first-order valence-electron chi connectivity index (χ1n) is 7.92. The number of carbonyl (C=O) groups excluding carboxylic acids is 1. The summed E-state index contributed by atoms with van der Waals surface area (Å²) in [5.41, 5.74) is 4.32. The molecule has 0 aliphatic carbocycles. The van der Waals surface area contributed by atoms with Crippen molar-refractivity contribution in [2.75, 3.05) is 6.61 Å². The molecule has 3 aromatic rings. The number of benzene rings is 3. The molecule has 0 bridgehead atoms. The minimum Gasteiger partial charge on any atom is -0.482 e. The molecule has 0 aliphatic rings. The molecule has 6 heteroatoms. The molecule has 0 saturated heterocycles. The number of aryl methyl sites for hydroxylation is 1. The van der Waals surface area contributed by atoms with Crippen LogP contribution in [0, 0.1) is 6.92 Å². The van der Waals surface area contributed by atoms with Crippen molar-refractivity contribution < 1.29 is 9.53 Å². The van der Waals surface area contributed by atoms with E-state index >= 15 is 0 Å². The van der Waals surface area contributed by atoms with E-state index in [0.29, 0.717) is 5.75 Å². The van der Waals surface area contributed by atoms with Gasteiger partial charge in [0.2, 0.25) is 0 Å². The maximum Gasteiger partial charge on any atom is 0.277 e. The van der Waals surface area contributed by atoms with Gasteiger partial charge in [0.05, 0.1) is 10.7 Å². The number of carbonyl (C=O) groups is 1. The van der Waals surface area contributed by atoms with Crippen LogP contribution in [0.3, 0.4) is 0 Å². The molecule has 0 heterocycles. The van der Waals surface area contributed by atoms with Crippen molar-refractivity contribution in [3.63, 3.8) is 0 Å². The highest BCUT2D eigenvalue weighted by molar-refractivity contribution is 9.11. The summed E-state index contributed by atoms with van der Waals surface area (Å²) < 4.78 is 7.32. The Morgan fingerprint density at radius 2 is 1.88 bits per heavy atom. The molecule has 0 radical (unpaired) electrons. The molecule has 3 aromatic carbocycles. The van der Waals surface area contributed by atoms with E-state index in [0.717, 1.165) is 30.8 Å². The molecule has 26 heavy (non-hydrogen) atoms. The number of hydrogen-bond acceptors (Lipinski definition) is 3. The molecule has 0 unspecified atom stereocenters. The third-order valence-corrected chi connectivity index (χ3v) is 4.76. The van der Waals surface area contributed by atoms with E-state index in [1.807, 2.05) is 55.5 Å². The third kappa shape index (κ3) is 4.71. The summed E-state index contributed by atoms with van der Waals surface area (Å²) >= 11 is 6.85. The van der Waals surface area contributed by atoms with Crippen LogP contribution in [0.5, 0.6) is 5.75 Å². The maximum absolute atomic E-state index is 11.9. The van der Waals surface area contributed by atoms with Crippen LogP contribution < -0.4 is 10.2 Å². The quantitative estimate of drug-likeness (QED) is 0.407. The molecule has 0 saturated carbocycles. The molecule has 1 amide bonds. The Morgan fingerprint density at radius 1 is 1.12 bits per heavy atom. The second-order valence-electron chi connectivity index (χ2n) is 5.72. The first-order chi connectivity index (χ1) is 12.5. The minimum atomic E-state index is -0.323. The van der Waals surface area contributed by atoms with Gasteiger partial charge in [-0.05, 0) is 63.0 Å². The summed E-state index contributed by atoms with van der Waals surface area (Å²) in [5.74, 6) is 0.318. The van der Waals surface area contributed by atoms with Crippen LogP contribution in [-0.2, 0) is 4.79 Å². The van der Waals surface area contributed by atoms with Gasteiger partial charge in [-0.25, -0.2) is 5.43 Å². The minimum absolute atomic E-state index is 0.115. The standard InChI is InChI=1S/C20H16Br2N2O2/c1-13-8-17(21)10-18(22)20(13)26-12-19(25)24-23-11-14-6-7-15-4-2-3-5-16(15)9-14/h2-11H,12H2,1H3,(H,24,25)/b23-11+. The smallest absolute Gasteiger partial charge is 0.277 e. The van der Waals surface area contributed by atoms with Crippen molar-refractivity contribution in [1.29, 1.82) is 0 Å². The first kappa shape index (κ1) is 18.6. The fourth-order valence-corrected chi connectivity index (χ4v) is 4.06. The summed E-state index contributed by atoms with van der Waals surface area (Å²) in [6.45, 7) is 1.80. The van der Waals surface area contributed by atoms with Crippen LogP contribution in [0.1, 0.15) is 11.1 Å². The molecule has 0 spiro atoms. The molecule has 0 aliphatic heterocycles. The lowest BCUT2D eigenvalue weighted by molar-refractivity contribution is -0.123. The third-order valence-electron chi connectivity index (χ3n) is 3.72. The summed E-state index contributed by atoms with van der Waals surface area (Å²) in [5, 5.41) is 6.29. The highest BCUT2D eigenvalue weighted by atomic mass is 79.9. The molecule has 0 fully saturated rings. The summed E-state index contributed by atoms with van der Waals surface area (Å²) in [6, 6.07) is 17.9. The molecular weight excluding hydrogens is 460 g/mol. The molecule has 4 nitrogen and oxygen atoms in total. The lowest BCUT2D eigenvalue weighted by Crippen LogP contribution is -2.24. The average Bonchev–Trinajstić information content (AvgIpc) is 2.60. The number of hydrogen-bond donors (Lipinski definition) is 1. The van der Waals surface area contributed by atoms with Gasteiger partial charge in [-0.1, -0.05) is 52.3 Å². The van der Waals surface area contributed by atoms with E-state index < -0.39 is 0 Å². The van der Waals surface area contributed by atoms with Crippen molar-refractivity contribution in [1.82, 2.24) is 5.43 Å². The van der Waals surface area contributed by atoms with Crippen molar-refractivity contribution in [3.05, 3.63) is 74.7 Å². The normalized spacial score (nSPS) is 11.0. The number of hydrazone groups is 1. The Morgan fingerprint density at radius 3 is 2.65 bits per heavy atom. The van der Waals surface area contributed by atoms with E-state index in [1.54, 1.807) is 6.21 Å². The summed E-state index contributed by atoms with van der Waals surface area (Å²) in [7, 11) is 0. The Hall–Kier alpha value is -2.18. The van der Waals surface area contributed by atoms with Crippen LogP contribution in [0.25, 0.3) is 10.8 Å². The summed E-state index contributed by atoms with van der Waals surface area (Å²) in [4.78, 5) is 11.9. The van der Waals surface area contributed by atoms with Crippen LogP contribution >= 0.6 is 31.9 Å². The average molecular weight is 476 g/mol. The van der Waals surface area contributed by atoms with E-state index in [9.17, 15) is 4.79 Å². The lowest BCUT2D eigenvalue weighted by Gasteiger charge is -2.10. The van der Waals surface area contributed by atoms with Crippen molar-refractivity contribution in [2.24, 2.45) is 5.10 Å². The highest BCUT2D eigenvalue weighted by Crippen LogP contribution is 2.32. The van der Waals surface area contributed by atoms with Crippen molar-refractivity contribution in [3.8, 4) is 5.75 Å². The highest BCUT2D eigenvalue weighted by Gasteiger charge is 2.09. The first-order valence-corrected chi connectivity index (χ1v) is 9.51. The van der Waals surface area contributed by atoms with Gasteiger partial charge in [-0.2, -0.15) is 5.10 Å². The van der Waals surface area contributed by atoms with Crippen LogP contribution in [-0.4, -0.2) is 18.7 Å². The van der Waals surface area contributed by atoms with Crippen molar-refractivity contribution in [2.45, 2.75) is 6.92 Å². The number of halogens is 2. The predicted molar refractivity (Wildman–Crippen MR) is 112 cm³/mol. The van der Waals surface area contributed by atoms with E-state index in [4.69, 9.17) is 4.74 Å². The van der Waals surface area contributed by atoms with Gasteiger partial charge in [0, 0.05) is 4.47 Å². The van der Waals surface area contributed by atoms with Gasteiger partial charge < -0.3 is 4.74 Å². The Kier molecular flexibility index (Phi) is 6.06. The zero-order valence-corrected chi connectivity index (χ0v) is 17.2. The van der Waals surface area contributed by atoms with Crippen LogP contribution in [0.4, 0.5) is 0 Å². The van der Waals surface area contributed by atoms with Gasteiger partial charge in [-0.3, -0.25) is 4.79 Å². The van der Waals surface area contributed by atoms with E-state index in [1.165, 1.54) is 0 Å². The maximum atomic E-state index is 11.9.